The Balaban J connectivity index is 1.84. The molecule has 0 aromatic heterocycles. The number of nitrogens with one attached hydrogen (secondary N) is 2. The topological polar surface area (TPSA) is 52.1 Å². The van der Waals surface area contributed by atoms with Crippen molar-refractivity contribution in [2.45, 2.75) is 19.4 Å². The van der Waals surface area contributed by atoms with E-state index in [0.29, 0.717) is 6.04 Å². The molecule has 6 nitrogen and oxygen atoms in total. The number of hydrogen-bond donors (Lipinski definition) is 2. The van der Waals surface area contributed by atoms with Gasteiger partial charge in [-0.05, 0) is 32.1 Å². The van der Waals surface area contributed by atoms with Crippen LogP contribution in [0, 0.1) is 0 Å². The number of aliphatic imine (C=N–C) groups is 1. The van der Waals surface area contributed by atoms with E-state index in [4.69, 9.17) is 4.74 Å². The first-order valence-electron chi connectivity index (χ1n) is 8.71. The molecule has 6 heteroatoms. The van der Waals surface area contributed by atoms with Gasteiger partial charge in [-0.3, -0.25) is 4.99 Å². The minimum atomic E-state index is 0.394. The van der Waals surface area contributed by atoms with E-state index in [1.165, 1.54) is 0 Å². The molecular weight excluding hydrogens is 302 g/mol. The van der Waals surface area contributed by atoms with Crippen molar-refractivity contribution in [1.29, 1.82) is 0 Å². The number of methoxy groups -OCH3 is 1. The Morgan fingerprint density at radius 3 is 2.92 bits per heavy atom. The number of benzene rings is 1. The average molecular weight is 333 g/mol. The van der Waals surface area contributed by atoms with Crippen molar-refractivity contribution in [2.75, 3.05) is 58.8 Å². The SMILES string of the molecule is CCN(C)CCNC(=NC)NC1CCN(c2ccccc2OC)C1. The maximum Gasteiger partial charge on any atom is 0.191 e. The van der Waals surface area contributed by atoms with Gasteiger partial charge in [0.2, 0.25) is 0 Å². The van der Waals surface area contributed by atoms with Crippen LogP contribution in [-0.2, 0) is 0 Å². The maximum atomic E-state index is 5.48. The lowest BCUT2D eigenvalue weighted by Crippen LogP contribution is -2.46. The standard InChI is InChI=1S/C18H31N5O/c1-5-22(3)13-11-20-18(19-2)21-15-10-12-23(14-15)16-8-6-7-9-17(16)24-4/h6-9,15H,5,10-14H2,1-4H3,(H2,19,20,21). The average Bonchev–Trinajstić information content (AvgIpc) is 3.08. The summed E-state index contributed by atoms with van der Waals surface area (Å²) in [5.41, 5.74) is 1.16. The van der Waals surface area contributed by atoms with Crippen molar-refractivity contribution >= 4 is 11.6 Å². The van der Waals surface area contributed by atoms with E-state index in [0.717, 1.165) is 56.5 Å². The van der Waals surface area contributed by atoms with Gasteiger partial charge in [-0.2, -0.15) is 0 Å². The number of ether oxygens (including phenoxy) is 1. The molecule has 1 heterocycles. The Hall–Kier alpha value is -1.95. The van der Waals surface area contributed by atoms with Crippen molar-refractivity contribution in [2.24, 2.45) is 4.99 Å². The molecule has 0 bridgehead atoms. The Morgan fingerprint density at radius 1 is 1.42 bits per heavy atom. The van der Waals surface area contributed by atoms with Crippen molar-refractivity contribution in [1.82, 2.24) is 15.5 Å². The monoisotopic (exact) mass is 333 g/mol. The van der Waals surface area contributed by atoms with Gasteiger partial charge in [-0.1, -0.05) is 19.1 Å². The number of likely N-dealkylation sites (N-methyl/N-ethyl adjacent to an activating group) is 1. The second-order valence-corrected chi connectivity index (χ2v) is 6.14. The molecule has 0 amide bonds. The molecular formula is C18H31N5O. The lowest BCUT2D eigenvalue weighted by atomic mass is 10.2. The minimum Gasteiger partial charge on any atom is -0.495 e. The Morgan fingerprint density at radius 2 is 2.21 bits per heavy atom. The molecule has 1 aromatic carbocycles. The van der Waals surface area contributed by atoms with Crippen LogP contribution in [0.15, 0.2) is 29.3 Å². The van der Waals surface area contributed by atoms with Crippen LogP contribution in [0.2, 0.25) is 0 Å². The Kier molecular flexibility index (Phi) is 7.18. The van der Waals surface area contributed by atoms with Crippen LogP contribution in [0.5, 0.6) is 5.75 Å². The first-order chi connectivity index (χ1) is 11.7. The van der Waals surface area contributed by atoms with E-state index in [1.54, 1.807) is 7.11 Å². The molecule has 24 heavy (non-hydrogen) atoms. The van der Waals surface area contributed by atoms with Crippen LogP contribution in [0.3, 0.4) is 0 Å². The van der Waals surface area contributed by atoms with Crippen molar-refractivity contribution < 1.29 is 4.74 Å². The van der Waals surface area contributed by atoms with Gasteiger partial charge in [0.05, 0.1) is 12.8 Å². The third-order valence-electron chi connectivity index (χ3n) is 4.50. The molecule has 0 spiro atoms. The molecule has 1 fully saturated rings. The van der Waals surface area contributed by atoms with Gasteiger partial charge in [-0.15, -0.1) is 0 Å². The molecule has 2 rings (SSSR count). The zero-order valence-corrected chi connectivity index (χ0v) is 15.4. The van der Waals surface area contributed by atoms with Crippen molar-refractivity contribution in [3.8, 4) is 5.75 Å². The fourth-order valence-corrected chi connectivity index (χ4v) is 2.90. The molecule has 1 unspecified atom stereocenters. The lowest BCUT2D eigenvalue weighted by molar-refractivity contribution is 0.357. The molecule has 1 aromatic rings. The van der Waals surface area contributed by atoms with Crippen LogP contribution in [0.4, 0.5) is 5.69 Å². The number of anilines is 1. The second-order valence-electron chi connectivity index (χ2n) is 6.14. The predicted molar refractivity (Wildman–Crippen MR) is 101 cm³/mol. The molecule has 1 atom stereocenters. The minimum absolute atomic E-state index is 0.394. The first-order valence-corrected chi connectivity index (χ1v) is 8.71. The Bertz CT molecular complexity index is 534. The number of nitrogens with zero attached hydrogens (tertiary/aromatic N) is 3. The quantitative estimate of drug-likeness (QED) is 0.583. The lowest BCUT2D eigenvalue weighted by Gasteiger charge is -2.22. The highest BCUT2D eigenvalue weighted by Crippen LogP contribution is 2.30. The largest absolute Gasteiger partial charge is 0.495 e. The summed E-state index contributed by atoms with van der Waals surface area (Å²) >= 11 is 0. The van der Waals surface area contributed by atoms with Crippen LogP contribution in [0.25, 0.3) is 0 Å². The number of para-hydroxylation sites is 2. The molecule has 1 aliphatic rings. The van der Waals surface area contributed by atoms with Crippen molar-refractivity contribution in [3.05, 3.63) is 24.3 Å². The summed E-state index contributed by atoms with van der Waals surface area (Å²) in [6.45, 7) is 7.11. The van der Waals surface area contributed by atoms with E-state index in [9.17, 15) is 0 Å². The van der Waals surface area contributed by atoms with E-state index in [1.807, 2.05) is 19.2 Å². The summed E-state index contributed by atoms with van der Waals surface area (Å²) in [6.07, 6.45) is 1.09. The van der Waals surface area contributed by atoms with Crippen LogP contribution < -0.4 is 20.3 Å². The van der Waals surface area contributed by atoms with Crippen molar-refractivity contribution in [3.63, 3.8) is 0 Å². The summed E-state index contributed by atoms with van der Waals surface area (Å²) in [7, 11) is 5.68. The van der Waals surface area contributed by atoms with Gasteiger partial charge in [0, 0.05) is 39.3 Å². The fraction of sp³-hybridized carbons (Fsp3) is 0.611. The normalized spacial score (nSPS) is 18.1. The summed E-state index contributed by atoms with van der Waals surface area (Å²) in [5.74, 6) is 1.81. The maximum absolute atomic E-state index is 5.48. The van der Waals surface area contributed by atoms with Gasteiger partial charge < -0.3 is 25.2 Å². The molecule has 0 aliphatic carbocycles. The van der Waals surface area contributed by atoms with Gasteiger partial charge in [-0.25, -0.2) is 0 Å². The molecule has 134 valence electrons. The molecule has 0 radical (unpaired) electrons. The highest BCUT2D eigenvalue weighted by Gasteiger charge is 2.25. The smallest absolute Gasteiger partial charge is 0.191 e. The summed E-state index contributed by atoms with van der Waals surface area (Å²) in [5, 5.41) is 6.93. The van der Waals surface area contributed by atoms with E-state index < -0.39 is 0 Å². The summed E-state index contributed by atoms with van der Waals surface area (Å²) in [4.78, 5) is 8.99. The molecule has 0 saturated carbocycles. The first kappa shape index (κ1) is 18.4. The predicted octanol–water partition coefficient (Wildman–Crippen LogP) is 1.39. The van der Waals surface area contributed by atoms with E-state index >= 15 is 0 Å². The van der Waals surface area contributed by atoms with Gasteiger partial charge in [0.25, 0.3) is 0 Å². The second kappa shape index (κ2) is 9.37. The van der Waals surface area contributed by atoms with E-state index in [2.05, 4.69) is 51.5 Å². The van der Waals surface area contributed by atoms with Crippen LogP contribution in [-0.4, -0.2) is 70.8 Å². The summed E-state index contributed by atoms with van der Waals surface area (Å²) < 4.78 is 5.48. The zero-order chi connectivity index (χ0) is 17.4. The zero-order valence-electron chi connectivity index (χ0n) is 15.4. The molecule has 1 saturated heterocycles. The third-order valence-corrected chi connectivity index (χ3v) is 4.50. The number of hydrogen-bond acceptors (Lipinski definition) is 4. The number of rotatable bonds is 7. The number of guanidine groups is 1. The third kappa shape index (κ3) is 5.03. The van der Waals surface area contributed by atoms with Gasteiger partial charge >= 0.3 is 0 Å². The Labute approximate surface area is 145 Å². The molecule has 2 N–H and O–H groups in total. The van der Waals surface area contributed by atoms with E-state index in [-0.39, 0.29) is 0 Å². The highest BCUT2D eigenvalue weighted by atomic mass is 16.5. The molecule has 1 aliphatic heterocycles. The van der Waals surface area contributed by atoms with Gasteiger partial charge in [0.1, 0.15) is 5.75 Å². The van der Waals surface area contributed by atoms with Crippen LogP contribution in [0.1, 0.15) is 13.3 Å². The van der Waals surface area contributed by atoms with Crippen LogP contribution >= 0.6 is 0 Å². The van der Waals surface area contributed by atoms with Gasteiger partial charge in [0.15, 0.2) is 5.96 Å². The fourth-order valence-electron chi connectivity index (χ4n) is 2.90. The summed E-state index contributed by atoms with van der Waals surface area (Å²) in [6, 6.07) is 8.59. The highest BCUT2D eigenvalue weighted by molar-refractivity contribution is 5.80.